The van der Waals surface area contributed by atoms with Crippen LogP contribution in [-0.2, 0) is 6.54 Å². The highest BCUT2D eigenvalue weighted by atomic mass is 16.2. The van der Waals surface area contributed by atoms with Gasteiger partial charge in [-0.1, -0.05) is 12.5 Å². The standard InChI is InChI=1S/C17H19N3O2/c1-11-5-6-15(19-7-11)13-9-20(8-12-3-2-4-12)10-14(16(13)21)17(18)22/h5-7,9-10,12H,2-4,8H2,1H3,(H2,18,22). The van der Waals surface area contributed by atoms with Gasteiger partial charge in [-0.05, 0) is 37.3 Å². The van der Waals surface area contributed by atoms with Crippen LogP contribution in [0.1, 0.15) is 35.2 Å². The maximum atomic E-state index is 12.5. The minimum absolute atomic E-state index is 0.0270. The Morgan fingerprint density at radius 3 is 2.68 bits per heavy atom. The Bertz CT molecular complexity index is 758. The van der Waals surface area contributed by atoms with E-state index in [9.17, 15) is 9.59 Å². The highest BCUT2D eigenvalue weighted by Crippen LogP contribution is 2.28. The van der Waals surface area contributed by atoms with E-state index in [-0.39, 0.29) is 11.0 Å². The lowest BCUT2D eigenvalue weighted by Gasteiger charge is -2.26. The number of nitrogens with two attached hydrogens (primary N) is 1. The normalized spacial score (nSPS) is 14.6. The van der Waals surface area contributed by atoms with Crippen LogP contribution < -0.4 is 11.2 Å². The molecule has 1 aliphatic rings. The molecule has 5 heteroatoms. The second kappa shape index (κ2) is 5.75. The van der Waals surface area contributed by atoms with Crippen LogP contribution in [0.3, 0.4) is 0 Å². The van der Waals surface area contributed by atoms with Crippen LogP contribution in [-0.4, -0.2) is 15.5 Å². The number of nitrogens with zero attached hydrogens (tertiary/aromatic N) is 2. The second-order valence-electron chi connectivity index (χ2n) is 5.99. The lowest BCUT2D eigenvalue weighted by molar-refractivity contribution is 0.0998. The number of rotatable bonds is 4. The summed E-state index contributed by atoms with van der Waals surface area (Å²) in [7, 11) is 0. The smallest absolute Gasteiger partial charge is 0.254 e. The van der Waals surface area contributed by atoms with Crippen LogP contribution in [0, 0.1) is 12.8 Å². The van der Waals surface area contributed by atoms with Crippen molar-refractivity contribution in [1.29, 1.82) is 0 Å². The number of aromatic nitrogens is 2. The first-order valence-electron chi connectivity index (χ1n) is 7.51. The van der Waals surface area contributed by atoms with E-state index in [0.717, 1.165) is 12.1 Å². The highest BCUT2D eigenvalue weighted by molar-refractivity contribution is 5.93. The minimum Gasteiger partial charge on any atom is -0.365 e. The van der Waals surface area contributed by atoms with E-state index >= 15 is 0 Å². The monoisotopic (exact) mass is 297 g/mol. The number of hydrogen-bond donors (Lipinski definition) is 1. The molecule has 1 aliphatic carbocycles. The average molecular weight is 297 g/mol. The average Bonchev–Trinajstić information content (AvgIpc) is 2.45. The third-order valence-corrected chi connectivity index (χ3v) is 4.23. The van der Waals surface area contributed by atoms with Crippen molar-refractivity contribution in [1.82, 2.24) is 9.55 Å². The minimum atomic E-state index is -0.693. The van der Waals surface area contributed by atoms with Gasteiger partial charge in [-0.3, -0.25) is 14.6 Å². The lowest BCUT2D eigenvalue weighted by atomic mass is 9.85. The van der Waals surface area contributed by atoms with Crippen LogP contribution >= 0.6 is 0 Å². The maximum absolute atomic E-state index is 12.5. The molecule has 2 aromatic heterocycles. The topological polar surface area (TPSA) is 78.0 Å². The summed E-state index contributed by atoms with van der Waals surface area (Å²) in [5.41, 5.74) is 7.05. The molecule has 5 nitrogen and oxygen atoms in total. The van der Waals surface area contributed by atoms with Gasteiger partial charge in [0.05, 0.1) is 11.3 Å². The summed E-state index contributed by atoms with van der Waals surface area (Å²) in [4.78, 5) is 28.3. The van der Waals surface area contributed by atoms with Crippen molar-refractivity contribution < 1.29 is 4.79 Å². The fourth-order valence-electron chi connectivity index (χ4n) is 2.70. The van der Waals surface area contributed by atoms with Crippen molar-refractivity contribution in [2.75, 3.05) is 0 Å². The third-order valence-electron chi connectivity index (χ3n) is 4.23. The largest absolute Gasteiger partial charge is 0.365 e. The fraction of sp³-hybridized carbons (Fsp3) is 0.353. The Hall–Kier alpha value is -2.43. The first kappa shape index (κ1) is 14.5. The van der Waals surface area contributed by atoms with Crippen molar-refractivity contribution in [3.63, 3.8) is 0 Å². The Morgan fingerprint density at radius 1 is 1.36 bits per heavy atom. The zero-order chi connectivity index (χ0) is 15.7. The summed E-state index contributed by atoms with van der Waals surface area (Å²) in [6.07, 6.45) is 8.69. The summed E-state index contributed by atoms with van der Waals surface area (Å²) in [5.74, 6) is -0.0802. The van der Waals surface area contributed by atoms with E-state index in [1.54, 1.807) is 24.7 Å². The van der Waals surface area contributed by atoms with Gasteiger partial charge in [-0.15, -0.1) is 0 Å². The number of carbonyl (C=O) groups is 1. The van der Waals surface area contributed by atoms with E-state index in [0.29, 0.717) is 17.2 Å². The summed E-state index contributed by atoms with van der Waals surface area (Å²) < 4.78 is 1.90. The molecule has 1 amide bonds. The number of hydrogen-bond acceptors (Lipinski definition) is 3. The summed E-state index contributed by atoms with van der Waals surface area (Å²) >= 11 is 0. The molecule has 22 heavy (non-hydrogen) atoms. The van der Waals surface area contributed by atoms with Gasteiger partial charge in [-0.2, -0.15) is 0 Å². The Morgan fingerprint density at radius 2 is 2.14 bits per heavy atom. The Labute approximate surface area is 128 Å². The van der Waals surface area contributed by atoms with E-state index < -0.39 is 5.91 Å². The molecule has 2 heterocycles. The number of primary amides is 1. The first-order chi connectivity index (χ1) is 10.5. The quantitative estimate of drug-likeness (QED) is 0.939. The van der Waals surface area contributed by atoms with Gasteiger partial charge in [0.1, 0.15) is 5.56 Å². The van der Waals surface area contributed by atoms with Gasteiger partial charge < -0.3 is 10.3 Å². The van der Waals surface area contributed by atoms with Crippen LogP contribution in [0.2, 0.25) is 0 Å². The van der Waals surface area contributed by atoms with Gasteiger partial charge in [0.2, 0.25) is 5.43 Å². The molecule has 1 saturated carbocycles. The van der Waals surface area contributed by atoms with Crippen molar-refractivity contribution in [3.05, 3.63) is 52.1 Å². The molecule has 3 rings (SSSR count). The van der Waals surface area contributed by atoms with Gasteiger partial charge >= 0.3 is 0 Å². The predicted molar refractivity (Wildman–Crippen MR) is 84.5 cm³/mol. The molecular formula is C17H19N3O2. The molecule has 0 bridgehead atoms. The van der Waals surface area contributed by atoms with E-state index in [1.165, 1.54) is 19.3 Å². The first-order valence-corrected chi connectivity index (χ1v) is 7.51. The van der Waals surface area contributed by atoms with Gasteiger partial charge in [-0.25, -0.2) is 0 Å². The zero-order valence-corrected chi connectivity index (χ0v) is 12.6. The second-order valence-corrected chi connectivity index (χ2v) is 5.99. The highest BCUT2D eigenvalue weighted by Gasteiger charge is 2.20. The zero-order valence-electron chi connectivity index (χ0n) is 12.6. The van der Waals surface area contributed by atoms with Crippen LogP contribution in [0.5, 0.6) is 0 Å². The number of carbonyl (C=O) groups excluding carboxylic acids is 1. The molecule has 0 spiro atoms. The molecule has 1 fully saturated rings. The van der Waals surface area contributed by atoms with Crippen molar-refractivity contribution in [2.45, 2.75) is 32.7 Å². The maximum Gasteiger partial charge on any atom is 0.254 e. The van der Waals surface area contributed by atoms with Crippen LogP contribution in [0.4, 0.5) is 0 Å². The van der Waals surface area contributed by atoms with Crippen LogP contribution in [0.15, 0.2) is 35.5 Å². The summed E-state index contributed by atoms with van der Waals surface area (Å²) in [6.45, 7) is 2.74. The molecular weight excluding hydrogens is 278 g/mol. The number of aryl methyl sites for hydroxylation is 1. The number of amides is 1. The Kier molecular flexibility index (Phi) is 3.79. The Balaban J connectivity index is 2.08. The molecule has 0 radical (unpaired) electrons. The molecule has 114 valence electrons. The summed E-state index contributed by atoms with van der Waals surface area (Å²) in [5, 5.41) is 0. The third kappa shape index (κ3) is 2.79. The van der Waals surface area contributed by atoms with Crippen LogP contribution in [0.25, 0.3) is 11.3 Å². The predicted octanol–water partition coefficient (Wildman–Crippen LogP) is 2.12. The molecule has 2 aromatic rings. The molecule has 0 unspecified atom stereocenters. The van der Waals surface area contributed by atoms with Gasteiger partial charge in [0.15, 0.2) is 0 Å². The van der Waals surface area contributed by atoms with Gasteiger partial charge in [0.25, 0.3) is 5.91 Å². The number of pyridine rings is 2. The molecule has 0 aromatic carbocycles. The van der Waals surface area contributed by atoms with Crippen molar-refractivity contribution in [2.24, 2.45) is 11.7 Å². The SMILES string of the molecule is Cc1ccc(-c2cn(CC3CCC3)cc(C(N)=O)c2=O)nc1. The lowest BCUT2D eigenvalue weighted by Crippen LogP contribution is -2.26. The van der Waals surface area contributed by atoms with E-state index in [4.69, 9.17) is 5.73 Å². The molecule has 2 N–H and O–H groups in total. The molecule has 0 aliphatic heterocycles. The molecule has 0 atom stereocenters. The summed E-state index contributed by atoms with van der Waals surface area (Å²) in [6, 6.07) is 3.69. The fourth-order valence-corrected chi connectivity index (χ4v) is 2.70. The van der Waals surface area contributed by atoms with E-state index in [1.807, 2.05) is 17.6 Å². The van der Waals surface area contributed by atoms with Gasteiger partial charge in [0, 0.05) is 25.1 Å². The van der Waals surface area contributed by atoms with Crippen molar-refractivity contribution in [3.8, 4) is 11.3 Å². The molecule has 0 saturated heterocycles. The van der Waals surface area contributed by atoms with Crippen molar-refractivity contribution >= 4 is 5.91 Å². The van der Waals surface area contributed by atoms with E-state index in [2.05, 4.69) is 4.98 Å².